The van der Waals surface area contributed by atoms with Crippen LogP contribution in [0.5, 0.6) is 23.0 Å². The molecule has 0 N–H and O–H groups in total. The maximum absolute atomic E-state index is 6.13. The molecular formula is C50H38O4. The Labute approximate surface area is 318 Å². The first-order valence-corrected chi connectivity index (χ1v) is 17.4. The molecule has 0 heterocycles. The van der Waals surface area contributed by atoms with E-state index in [1.807, 2.05) is 78.9 Å². The van der Waals surface area contributed by atoms with Crippen molar-refractivity contribution in [2.45, 2.75) is 12.3 Å². The fraction of sp³-hybridized carbons (Fsp3) is 0.120. The maximum Gasteiger partial charge on any atom is 0.148 e. The molecule has 0 radical (unpaired) electrons. The van der Waals surface area contributed by atoms with Gasteiger partial charge in [-0.05, 0) is 71.1 Å². The Morgan fingerprint density at radius 3 is 1.17 bits per heavy atom. The normalized spacial score (nSPS) is 10.5. The van der Waals surface area contributed by atoms with E-state index in [4.69, 9.17) is 44.6 Å². The molecule has 0 unspecified atom stereocenters. The molecule has 0 bridgehead atoms. The average Bonchev–Trinajstić information content (AvgIpc) is 3.23. The quantitative estimate of drug-likeness (QED) is 0.0837. The van der Waals surface area contributed by atoms with Crippen LogP contribution in [-0.4, -0.2) is 26.4 Å². The minimum atomic E-state index is -0.725. The molecule has 54 heavy (non-hydrogen) atoms. The topological polar surface area (TPSA) is 36.9 Å². The Morgan fingerprint density at radius 2 is 0.741 bits per heavy atom. The van der Waals surface area contributed by atoms with Gasteiger partial charge in [0.2, 0.25) is 0 Å². The zero-order valence-corrected chi connectivity index (χ0v) is 30.0. The summed E-state index contributed by atoms with van der Waals surface area (Å²) in [6.07, 6.45) is 22.5. The molecule has 6 aromatic carbocycles. The lowest BCUT2D eigenvalue weighted by Gasteiger charge is -2.33. The van der Waals surface area contributed by atoms with Crippen LogP contribution in [0.15, 0.2) is 140 Å². The van der Waals surface area contributed by atoms with E-state index in [0.717, 1.165) is 50.1 Å². The maximum atomic E-state index is 6.13. The van der Waals surface area contributed by atoms with Gasteiger partial charge in [-0.15, -0.1) is 25.7 Å². The van der Waals surface area contributed by atoms with E-state index < -0.39 is 5.41 Å². The standard InChI is InChI=1S/C50H38O4/c1-6-31-51-46-21-15-13-19-42(46)44-35-40(27-29-48(44)53-33-8-3)50(5,39-25-23-38(24-26-39)37-17-11-10-12-18-37)41-28-30-49(54-34-9-4)45(36-41)43-20-14-16-22-47(43)52-32-7-2/h1-4,10-30,35-36H,31-34H2,5H3. The molecule has 0 atom stereocenters. The highest BCUT2D eigenvalue weighted by Gasteiger charge is 2.34. The number of ether oxygens (including phenoxy) is 4. The van der Waals surface area contributed by atoms with Gasteiger partial charge in [0.15, 0.2) is 0 Å². The molecule has 0 aliphatic heterocycles. The highest BCUT2D eigenvalue weighted by Crippen LogP contribution is 2.47. The van der Waals surface area contributed by atoms with Gasteiger partial charge in [0, 0.05) is 27.7 Å². The number of benzene rings is 6. The molecule has 4 nitrogen and oxygen atoms in total. The van der Waals surface area contributed by atoms with Crippen molar-refractivity contribution in [3.63, 3.8) is 0 Å². The van der Waals surface area contributed by atoms with Gasteiger partial charge >= 0.3 is 0 Å². The molecule has 6 aromatic rings. The van der Waals surface area contributed by atoms with Gasteiger partial charge in [0.05, 0.1) is 0 Å². The van der Waals surface area contributed by atoms with Crippen LogP contribution < -0.4 is 18.9 Å². The number of hydrogen-bond acceptors (Lipinski definition) is 4. The molecule has 0 aliphatic rings. The van der Waals surface area contributed by atoms with Crippen molar-refractivity contribution in [2.24, 2.45) is 0 Å². The molecule has 0 aliphatic carbocycles. The van der Waals surface area contributed by atoms with E-state index in [1.165, 1.54) is 0 Å². The van der Waals surface area contributed by atoms with Gasteiger partial charge in [-0.2, -0.15) is 0 Å². The van der Waals surface area contributed by atoms with E-state index in [1.54, 1.807) is 0 Å². The molecule has 6 rings (SSSR count). The van der Waals surface area contributed by atoms with E-state index in [2.05, 4.69) is 91.3 Å². The number of terminal acetylenes is 4. The highest BCUT2D eigenvalue weighted by atomic mass is 16.5. The molecular weight excluding hydrogens is 665 g/mol. The Hall–Kier alpha value is -7.24. The first-order valence-electron chi connectivity index (χ1n) is 17.4. The second kappa shape index (κ2) is 17.3. The minimum Gasteiger partial charge on any atom is -0.480 e. The van der Waals surface area contributed by atoms with Gasteiger partial charge in [-0.1, -0.05) is 127 Å². The highest BCUT2D eigenvalue weighted by molar-refractivity contribution is 5.80. The predicted octanol–water partition coefficient (Wildman–Crippen LogP) is 10.1. The van der Waals surface area contributed by atoms with Crippen molar-refractivity contribution in [2.75, 3.05) is 26.4 Å². The van der Waals surface area contributed by atoms with Gasteiger partial charge in [-0.3, -0.25) is 0 Å². The van der Waals surface area contributed by atoms with E-state index >= 15 is 0 Å². The molecule has 0 amide bonds. The van der Waals surface area contributed by atoms with E-state index in [0.29, 0.717) is 23.0 Å². The van der Waals surface area contributed by atoms with Gasteiger partial charge < -0.3 is 18.9 Å². The summed E-state index contributed by atoms with van der Waals surface area (Å²) in [5, 5.41) is 0. The monoisotopic (exact) mass is 702 g/mol. The van der Waals surface area contributed by atoms with Crippen LogP contribution in [0.2, 0.25) is 0 Å². The molecule has 0 saturated heterocycles. The smallest absolute Gasteiger partial charge is 0.148 e. The van der Waals surface area contributed by atoms with Crippen molar-refractivity contribution >= 4 is 0 Å². The number of rotatable bonds is 14. The molecule has 262 valence electrons. The largest absolute Gasteiger partial charge is 0.480 e. The van der Waals surface area contributed by atoms with Crippen molar-refractivity contribution in [3.8, 4) is 106 Å². The van der Waals surface area contributed by atoms with Crippen LogP contribution >= 0.6 is 0 Å². The Balaban J connectivity index is 1.61. The van der Waals surface area contributed by atoms with Crippen LogP contribution in [0.4, 0.5) is 0 Å². The fourth-order valence-electron chi connectivity index (χ4n) is 6.59. The Kier molecular flexibility index (Phi) is 11.7. The average molecular weight is 703 g/mol. The SMILES string of the molecule is C#CCOc1ccccc1-c1cc(C(C)(c2ccc(-c3ccccc3)cc2)c2ccc(OCC#C)c(-c3ccccc3OCC#C)c2)ccc1OCC#C. The molecule has 0 saturated carbocycles. The van der Waals surface area contributed by atoms with Crippen molar-refractivity contribution in [1.29, 1.82) is 0 Å². The summed E-state index contributed by atoms with van der Waals surface area (Å²) in [7, 11) is 0. The van der Waals surface area contributed by atoms with Crippen molar-refractivity contribution in [3.05, 3.63) is 156 Å². The first-order chi connectivity index (χ1) is 26.5. The summed E-state index contributed by atoms with van der Waals surface area (Å²) in [5.74, 6) is 12.8. The zero-order chi connectivity index (χ0) is 37.8. The molecule has 4 heteroatoms. The van der Waals surface area contributed by atoms with Crippen LogP contribution in [0, 0.1) is 49.4 Å². The summed E-state index contributed by atoms with van der Waals surface area (Å²) in [6.45, 7) is 2.65. The molecule has 0 aromatic heterocycles. The number of hydrogen-bond donors (Lipinski definition) is 0. The third kappa shape index (κ3) is 7.81. The second-order valence-electron chi connectivity index (χ2n) is 12.5. The predicted molar refractivity (Wildman–Crippen MR) is 219 cm³/mol. The lowest BCUT2D eigenvalue weighted by Crippen LogP contribution is -2.25. The fourth-order valence-corrected chi connectivity index (χ4v) is 6.59. The van der Waals surface area contributed by atoms with Gasteiger partial charge in [0.1, 0.15) is 49.4 Å². The summed E-state index contributed by atoms with van der Waals surface area (Å²) < 4.78 is 24.3. The lowest BCUT2D eigenvalue weighted by atomic mass is 9.70. The zero-order valence-electron chi connectivity index (χ0n) is 30.0. The molecule has 0 fully saturated rings. The Morgan fingerprint density at radius 1 is 0.389 bits per heavy atom. The van der Waals surface area contributed by atoms with Crippen LogP contribution in [0.3, 0.4) is 0 Å². The van der Waals surface area contributed by atoms with E-state index in [-0.39, 0.29) is 26.4 Å². The number of para-hydroxylation sites is 2. The van der Waals surface area contributed by atoms with Gasteiger partial charge in [-0.25, -0.2) is 0 Å². The summed E-state index contributed by atoms with van der Waals surface area (Å²) >= 11 is 0. The van der Waals surface area contributed by atoms with Crippen molar-refractivity contribution < 1.29 is 18.9 Å². The first kappa shape index (κ1) is 36.5. The summed E-state index contributed by atoms with van der Waals surface area (Å²) in [6, 6.07) is 46.9. The summed E-state index contributed by atoms with van der Waals surface area (Å²) in [4.78, 5) is 0. The third-order valence-corrected chi connectivity index (χ3v) is 9.28. The van der Waals surface area contributed by atoms with Gasteiger partial charge in [0.25, 0.3) is 0 Å². The van der Waals surface area contributed by atoms with E-state index in [9.17, 15) is 0 Å². The lowest BCUT2D eigenvalue weighted by molar-refractivity contribution is 0.366. The van der Waals surface area contributed by atoms with Crippen LogP contribution in [0.25, 0.3) is 33.4 Å². The summed E-state index contributed by atoms with van der Waals surface area (Å²) in [5.41, 5.74) is 7.82. The molecule has 0 spiro atoms. The van der Waals surface area contributed by atoms with Crippen molar-refractivity contribution in [1.82, 2.24) is 0 Å². The Bertz CT molecular complexity index is 2270. The minimum absolute atomic E-state index is 0.0988. The van der Waals surface area contributed by atoms with Crippen LogP contribution in [-0.2, 0) is 5.41 Å². The van der Waals surface area contributed by atoms with Crippen LogP contribution in [0.1, 0.15) is 23.6 Å². The second-order valence-corrected chi connectivity index (χ2v) is 12.5. The third-order valence-electron chi connectivity index (χ3n) is 9.28.